The molecule has 0 saturated carbocycles. The molecule has 0 heteroatoms. The molecule has 0 unspecified atom stereocenters. The summed E-state index contributed by atoms with van der Waals surface area (Å²) in [5, 5.41) is 2.76. The molecule has 6 aliphatic rings. The molecule has 0 N–H and O–H groups in total. The molecule has 0 saturated heterocycles. The Morgan fingerprint density at radius 1 is 0.162 bits per heavy atom. The lowest BCUT2D eigenvalue weighted by Crippen LogP contribution is -2.20. The number of hydrogen-bond acceptors (Lipinski definition) is 0. The van der Waals surface area contributed by atoms with Crippen LogP contribution >= 0.6 is 0 Å². The van der Waals surface area contributed by atoms with E-state index < -0.39 is 0 Å². The smallest absolute Gasteiger partial charge is 0.0164 e. The van der Waals surface area contributed by atoms with Crippen molar-refractivity contribution < 1.29 is 0 Å². The van der Waals surface area contributed by atoms with Crippen molar-refractivity contribution in [3.63, 3.8) is 0 Å². The largest absolute Gasteiger partial charge is 0.0619 e. The van der Waals surface area contributed by atoms with E-state index in [1.165, 1.54) is 189 Å². The standard InChI is InChI=1S/C25H28.5C21H26/c1-15(2)17-11-12-20-22(14-17)25(5,6)24-21(16(3)4)13-18-9-7-8-10-19(18)23(20)24;1-13(2)15-7-9-17-18-10-8-16(14(3)4)12-20(18)21(5,6)19(17)11-15;1-13(2)15-9-7-11-17-18-12-8-10-16(14(3)4)20(18)21(5,6)19(15)17;1-13(2)15-10-11-17-18-9-7-8-16(14(3)4)20(18)21(5,6)19(17)12-15;1-13(2)16-11-18-15-9-7-8-10-19(15)21(5,6)20(18)12-17(16)14(3)4;1-13(2)15-11-12-17-16-9-7-8-10-18(16)21(5,6)20(17)19(15)14(3)4/h7-16H,1-6H3;5*7-14H,1-6H3. The zero-order valence-corrected chi connectivity index (χ0v) is 86.9. The van der Waals surface area contributed by atoms with Gasteiger partial charge in [-0.2, -0.15) is 0 Å². The molecule has 0 aromatic heterocycles. The lowest BCUT2D eigenvalue weighted by atomic mass is 9.75. The molecule has 0 fully saturated rings. The highest BCUT2D eigenvalue weighted by Crippen LogP contribution is 2.60. The number of fused-ring (bicyclic) bond motifs is 20. The number of rotatable bonds is 12. The second kappa shape index (κ2) is 36.3. The van der Waals surface area contributed by atoms with Crippen LogP contribution in [0.4, 0.5) is 0 Å². The Morgan fingerprint density at radius 3 is 0.877 bits per heavy atom. The van der Waals surface area contributed by atoms with Gasteiger partial charge in [0.1, 0.15) is 0 Å². The van der Waals surface area contributed by atoms with Crippen LogP contribution < -0.4 is 0 Å². The molecule has 13 aromatic carbocycles. The molecule has 130 heavy (non-hydrogen) atoms. The fourth-order valence-corrected chi connectivity index (χ4v) is 23.7. The van der Waals surface area contributed by atoms with Crippen molar-refractivity contribution in [2.45, 2.75) is 353 Å². The average Bonchev–Trinajstić information content (AvgIpc) is 2.37. The molecule has 0 spiro atoms. The van der Waals surface area contributed by atoms with E-state index in [4.69, 9.17) is 0 Å². The summed E-state index contributed by atoms with van der Waals surface area (Å²) in [5.41, 5.74) is 53.9. The first kappa shape index (κ1) is 96.2. The molecule has 0 nitrogen and oxygen atoms in total. The highest BCUT2D eigenvalue weighted by Gasteiger charge is 2.45. The van der Waals surface area contributed by atoms with Crippen LogP contribution in [0.3, 0.4) is 0 Å². The number of hydrogen-bond donors (Lipinski definition) is 0. The van der Waals surface area contributed by atoms with E-state index >= 15 is 0 Å². The Morgan fingerprint density at radius 2 is 0.454 bits per heavy atom. The molecule has 678 valence electrons. The summed E-state index contributed by atoms with van der Waals surface area (Å²) in [6, 6.07) is 87.6. The van der Waals surface area contributed by atoms with E-state index in [0.29, 0.717) is 71.0 Å². The van der Waals surface area contributed by atoms with Crippen molar-refractivity contribution in [1.82, 2.24) is 0 Å². The predicted octanol–water partition coefficient (Wildman–Crippen LogP) is 38.6. The van der Waals surface area contributed by atoms with Crippen molar-refractivity contribution in [2.24, 2.45) is 0 Å². The summed E-state index contributed by atoms with van der Waals surface area (Å²) < 4.78 is 0. The van der Waals surface area contributed by atoms with Gasteiger partial charge in [-0.05, 0) is 282 Å². The minimum absolute atomic E-state index is 0.0548. The minimum atomic E-state index is 0.0548. The monoisotopic (exact) mass is 1720 g/mol. The SMILES string of the molecule is CC(C)c1cc2c(cc1C(C)C)C(C)(C)c1ccccc1-2.CC(C)c1ccc2c(c1)C(C)(C)c1c(C(C)C)cc3ccccc3c1-2.CC(C)c1ccc2c(c1)C(C)(C)c1c-2cccc1C(C)C.CC(C)c1ccc2c(c1)C(C)(C)c1cc(C(C)C)ccc1-2.CC(C)c1ccc2c(c1C(C)C)C(C)(C)c1ccccc1-2.CC(C)c1cccc2c1C(C)(C)c1c-2cccc1C(C)C. The molecule has 0 aliphatic heterocycles. The topological polar surface area (TPSA) is 0 Å². The first-order valence-corrected chi connectivity index (χ1v) is 50.1. The second-order valence-corrected chi connectivity index (χ2v) is 46.2. The first-order valence-electron chi connectivity index (χ1n) is 50.1. The maximum atomic E-state index is 2.48. The van der Waals surface area contributed by atoms with Crippen molar-refractivity contribution >= 4 is 10.8 Å². The summed E-state index contributed by atoms with van der Waals surface area (Å²) >= 11 is 0. The average molecular weight is 1720 g/mol. The maximum absolute atomic E-state index is 2.48. The molecule has 6 aliphatic carbocycles. The summed E-state index contributed by atoms with van der Waals surface area (Å²) in [5.74, 6) is 6.82. The van der Waals surface area contributed by atoms with E-state index in [2.05, 4.69) is 480 Å². The summed E-state index contributed by atoms with van der Waals surface area (Å²) in [6.07, 6.45) is 0. The van der Waals surface area contributed by atoms with Gasteiger partial charge in [0.2, 0.25) is 0 Å². The van der Waals surface area contributed by atoms with Gasteiger partial charge in [0.15, 0.2) is 0 Å². The predicted molar refractivity (Wildman–Crippen MR) is 571 cm³/mol. The Balaban J connectivity index is 0.000000126. The highest BCUT2D eigenvalue weighted by molar-refractivity contribution is 6.04. The molecule has 0 radical (unpaired) electrons. The van der Waals surface area contributed by atoms with Crippen LogP contribution in [-0.4, -0.2) is 0 Å². The molecular formula is C130H158. The molecule has 19 rings (SSSR count). The van der Waals surface area contributed by atoms with E-state index in [1.807, 2.05) is 0 Å². The van der Waals surface area contributed by atoms with Crippen molar-refractivity contribution in [3.8, 4) is 66.8 Å². The highest BCUT2D eigenvalue weighted by atomic mass is 14.5. The zero-order valence-electron chi connectivity index (χ0n) is 86.9. The van der Waals surface area contributed by atoms with Crippen LogP contribution in [0.1, 0.15) is 454 Å². The van der Waals surface area contributed by atoms with E-state index in [-0.39, 0.29) is 32.5 Å². The Hall–Kier alpha value is -9.88. The molecule has 0 amide bonds. The van der Waals surface area contributed by atoms with Crippen LogP contribution in [0.25, 0.3) is 77.5 Å². The van der Waals surface area contributed by atoms with Gasteiger partial charge in [-0.1, -0.05) is 480 Å². The van der Waals surface area contributed by atoms with Gasteiger partial charge in [0.25, 0.3) is 0 Å². The van der Waals surface area contributed by atoms with Crippen LogP contribution in [0, 0.1) is 0 Å². The Kier molecular flexibility index (Phi) is 26.8. The maximum Gasteiger partial charge on any atom is 0.0164 e. The quantitative estimate of drug-likeness (QED) is 0.114. The van der Waals surface area contributed by atoms with E-state index in [9.17, 15) is 0 Å². The fraction of sp³-hybridized carbons (Fsp3) is 0.415. The minimum Gasteiger partial charge on any atom is -0.0619 e. The van der Waals surface area contributed by atoms with Gasteiger partial charge < -0.3 is 0 Å². The van der Waals surface area contributed by atoms with Gasteiger partial charge in [0.05, 0.1) is 0 Å². The molecule has 0 heterocycles. The van der Waals surface area contributed by atoms with Gasteiger partial charge in [-0.3, -0.25) is 0 Å². The molecular weight excluding hydrogens is 1560 g/mol. The van der Waals surface area contributed by atoms with Gasteiger partial charge >= 0.3 is 0 Å². The van der Waals surface area contributed by atoms with Crippen molar-refractivity contribution in [1.29, 1.82) is 0 Å². The van der Waals surface area contributed by atoms with Crippen LogP contribution in [-0.2, 0) is 32.5 Å². The van der Waals surface area contributed by atoms with Gasteiger partial charge in [0, 0.05) is 32.5 Å². The van der Waals surface area contributed by atoms with Crippen LogP contribution in [0.5, 0.6) is 0 Å². The van der Waals surface area contributed by atoms with Crippen molar-refractivity contribution in [2.75, 3.05) is 0 Å². The van der Waals surface area contributed by atoms with Crippen molar-refractivity contribution in [3.05, 3.63) is 364 Å². The Labute approximate surface area is 788 Å². The van der Waals surface area contributed by atoms with E-state index in [1.54, 1.807) is 22.3 Å². The van der Waals surface area contributed by atoms with Crippen LogP contribution in [0.15, 0.2) is 231 Å². The van der Waals surface area contributed by atoms with E-state index in [0.717, 1.165) is 0 Å². The zero-order chi connectivity index (χ0) is 94.7. The Bertz CT molecular complexity index is 6270. The lowest BCUT2D eigenvalue weighted by Gasteiger charge is -2.28. The summed E-state index contributed by atoms with van der Waals surface area (Å²) in [7, 11) is 0. The third-order valence-electron chi connectivity index (χ3n) is 31.1. The number of benzene rings is 13. The second-order valence-electron chi connectivity index (χ2n) is 46.2. The van der Waals surface area contributed by atoms with Gasteiger partial charge in [-0.15, -0.1) is 0 Å². The van der Waals surface area contributed by atoms with Crippen LogP contribution in [0.2, 0.25) is 0 Å². The molecule has 0 atom stereocenters. The van der Waals surface area contributed by atoms with Gasteiger partial charge in [-0.25, -0.2) is 0 Å². The lowest BCUT2D eigenvalue weighted by molar-refractivity contribution is 0.628. The first-order chi connectivity index (χ1) is 61.0. The normalized spacial score (nSPS) is 15.4. The summed E-state index contributed by atoms with van der Waals surface area (Å²) in [4.78, 5) is 0. The fourth-order valence-electron chi connectivity index (χ4n) is 23.7. The third-order valence-corrected chi connectivity index (χ3v) is 31.1. The molecule has 13 aromatic rings. The third kappa shape index (κ3) is 16.8. The summed E-state index contributed by atoms with van der Waals surface area (Å²) in [6.45, 7) is 83.8. The molecule has 0 bridgehead atoms.